The maximum Gasteiger partial charge on any atom is 0.254 e. The van der Waals surface area contributed by atoms with E-state index in [2.05, 4.69) is 6.92 Å². The highest BCUT2D eigenvalue weighted by Crippen LogP contribution is 2.20. The first kappa shape index (κ1) is 13.8. The highest BCUT2D eigenvalue weighted by atomic mass is 16.2. The van der Waals surface area contributed by atoms with Gasteiger partial charge in [0.2, 0.25) is 0 Å². The molecule has 0 spiro atoms. The Morgan fingerprint density at radius 3 is 2.89 bits per heavy atom. The highest BCUT2D eigenvalue weighted by Gasteiger charge is 2.28. The van der Waals surface area contributed by atoms with Crippen LogP contribution in [0.25, 0.3) is 0 Å². The maximum atomic E-state index is 12.4. The number of rotatable bonds is 2. The molecule has 1 aliphatic rings. The Balaban J connectivity index is 2.15. The molecule has 1 fully saturated rings. The minimum atomic E-state index is -0.161. The molecule has 2 rings (SSSR count). The van der Waals surface area contributed by atoms with Gasteiger partial charge < -0.3 is 15.2 Å². The average molecular weight is 263 g/mol. The molecule has 2 N–H and O–H groups in total. The van der Waals surface area contributed by atoms with Crippen molar-refractivity contribution >= 4 is 5.91 Å². The van der Waals surface area contributed by atoms with Crippen LogP contribution >= 0.6 is 0 Å². The van der Waals surface area contributed by atoms with Crippen LogP contribution in [0, 0.1) is 5.92 Å². The molecule has 0 radical (unpaired) electrons. The topological polar surface area (TPSA) is 68.3 Å². The zero-order valence-electron chi connectivity index (χ0n) is 11.5. The van der Waals surface area contributed by atoms with E-state index in [0.29, 0.717) is 24.6 Å². The van der Waals surface area contributed by atoms with Crippen LogP contribution in [0.1, 0.15) is 30.1 Å². The Kier molecular flexibility index (Phi) is 4.04. The van der Waals surface area contributed by atoms with Crippen molar-refractivity contribution in [3.8, 4) is 0 Å². The number of aryl methyl sites for hydroxylation is 1. The second-order valence-electron chi connectivity index (χ2n) is 5.24. The van der Waals surface area contributed by atoms with Crippen molar-refractivity contribution in [2.75, 3.05) is 13.1 Å². The number of carbonyl (C=O) groups excluding carboxylic acids is 1. The van der Waals surface area contributed by atoms with E-state index in [4.69, 9.17) is 5.73 Å². The van der Waals surface area contributed by atoms with E-state index < -0.39 is 0 Å². The van der Waals surface area contributed by atoms with Crippen LogP contribution in [0.5, 0.6) is 0 Å². The fourth-order valence-electron chi connectivity index (χ4n) is 2.53. The molecule has 1 aliphatic heterocycles. The molecule has 2 heterocycles. The van der Waals surface area contributed by atoms with Gasteiger partial charge in [-0.25, -0.2) is 0 Å². The van der Waals surface area contributed by atoms with Crippen LogP contribution in [0.2, 0.25) is 0 Å². The summed E-state index contributed by atoms with van der Waals surface area (Å²) in [6.45, 7) is 3.45. The number of aromatic nitrogens is 1. The third-order valence-corrected chi connectivity index (χ3v) is 3.96. The van der Waals surface area contributed by atoms with Gasteiger partial charge in [-0.05, 0) is 18.4 Å². The zero-order chi connectivity index (χ0) is 14.0. The van der Waals surface area contributed by atoms with Crippen molar-refractivity contribution in [1.29, 1.82) is 0 Å². The van der Waals surface area contributed by atoms with Gasteiger partial charge >= 0.3 is 0 Å². The first-order chi connectivity index (χ1) is 9.02. The van der Waals surface area contributed by atoms with Gasteiger partial charge in [-0.2, -0.15) is 0 Å². The monoisotopic (exact) mass is 263 g/mol. The van der Waals surface area contributed by atoms with Crippen molar-refractivity contribution in [3.63, 3.8) is 0 Å². The van der Waals surface area contributed by atoms with Crippen LogP contribution < -0.4 is 11.3 Å². The van der Waals surface area contributed by atoms with Gasteiger partial charge in [-0.3, -0.25) is 9.59 Å². The second-order valence-corrected chi connectivity index (χ2v) is 5.24. The molecule has 0 aromatic carbocycles. The quantitative estimate of drug-likeness (QED) is 0.849. The molecule has 1 aromatic rings. The minimum Gasteiger partial charge on any atom is -0.338 e. The van der Waals surface area contributed by atoms with Gasteiger partial charge in [-0.15, -0.1) is 0 Å². The van der Waals surface area contributed by atoms with Gasteiger partial charge in [0.25, 0.3) is 11.5 Å². The summed E-state index contributed by atoms with van der Waals surface area (Å²) >= 11 is 0. The number of hydrogen-bond donors (Lipinski definition) is 1. The molecule has 104 valence electrons. The highest BCUT2D eigenvalue weighted by molar-refractivity contribution is 5.94. The van der Waals surface area contributed by atoms with E-state index in [1.165, 1.54) is 10.6 Å². The average Bonchev–Trinajstić information content (AvgIpc) is 2.41. The third kappa shape index (κ3) is 2.87. The lowest BCUT2D eigenvalue weighted by atomic mass is 9.90. The predicted molar refractivity (Wildman–Crippen MR) is 74.0 cm³/mol. The third-order valence-electron chi connectivity index (χ3n) is 3.96. The van der Waals surface area contributed by atoms with Crippen LogP contribution in [0.15, 0.2) is 23.1 Å². The Bertz CT molecular complexity index is 524. The first-order valence-corrected chi connectivity index (χ1v) is 6.74. The fraction of sp³-hybridized carbons (Fsp3) is 0.571. The zero-order valence-corrected chi connectivity index (χ0v) is 11.5. The van der Waals surface area contributed by atoms with Crippen LogP contribution in [-0.2, 0) is 7.05 Å². The number of nitrogens with zero attached hydrogens (tertiary/aromatic N) is 2. The second kappa shape index (κ2) is 5.57. The summed E-state index contributed by atoms with van der Waals surface area (Å²) in [6, 6.07) is 3.27. The van der Waals surface area contributed by atoms with Crippen molar-refractivity contribution in [2.24, 2.45) is 18.7 Å². The summed E-state index contributed by atoms with van der Waals surface area (Å²) in [5.41, 5.74) is 6.35. The SMILES string of the molecule is CCC1CN(C(=O)c2ccn(C)c(=O)c2)CCC1N. The summed E-state index contributed by atoms with van der Waals surface area (Å²) in [5, 5.41) is 0. The lowest BCUT2D eigenvalue weighted by Gasteiger charge is -2.36. The molecule has 0 aliphatic carbocycles. The molecule has 19 heavy (non-hydrogen) atoms. The molecule has 1 aromatic heterocycles. The number of nitrogens with two attached hydrogens (primary N) is 1. The van der Waals surface area contributed by atoms with Gasteiger partial charge in [0, 0.05) is 44.0 Å². The maximum absolute atomic E-state index is 12.4. The Hall–Kier alpha value is -1.62. The molecule has 5 nitrogen and oxygen atoms in total. The molecule has 2 unspecified atom stereocenters. The molecule has 0 saturated carbocycles. The number of likely N-dealkylation sites (tertiary alicyclic amines) is 1. The van der Waals surface area contributed by atoms with Crippen LogP contribution in [-0.4, -0.2) is 34.5 Å². The Morgan fingerprint density at radius 1 is 1.53 bits per heavy atom. The van der Waals surface area contributed by atoms with E-state index >= 15 is 0 Å². The number of hydrogen-bond acceptors (Lipinski definition) is 3. The standard InChI is InChI=1S/C14H21N3O2/c1-3-10-9-17(7-5-12(10)15)14(19)11-4-6-16(2)13(18)8-11/h4,6,8,10,12H,3,5,7,9,15H2,1-2H3. The lowest BCUT2D eigenvalue weighted by Crippen LogP contribution is -2.49. The van der Waals surface area contributed by atoms with E-state index in [1.807, 2.05) is 4.90 Å². The molecule has 2 atom stereocenters. The Morgan fingerprint density at radius 2 is 2.26 bits per heavy atom. The largest absolute Gasteiger partial charge is 0.338 e. The smallest absolute Gasteiger partial charge is 0.254 e. The molecule has 5 heteroatoms. The van der Waals surface area contributed by atoms with Crippen LogP contribution in [0.4, 0.5) is 0 Å². The van der Waals surface area contributed by atoms with Crippen molar-refractivity contribution in [1.82, 2.24) is 9.47 Å². The summed E-state index contributed by atoms with van der Waals surface area (Å²) in [5.74, 6) is 0.285. The normalized spacial score (nSPS) is 23.4. The van der Waals surface area contributed by atoms with E-state index in [1.54, 1.807) is 19.3 Å². The van der Waals surface area contributed by atoms with E-state index in [-0.39, 0.29) is 17.5 Å². The van der Waals surface area contributed by atoms with Crippen molar-refractivity contribution in [2.45, 2.75) is 25.8 Å². The number of pyridine rings is 1. The minimum absolute atomic E-state index is 0.0666. The van der Waals surface area contributed by atoms with Gasteiger partial charge in [0.1, 0.15) is 0 Å². The molecule has 1 amide bonds. The lowest BCUT2D eigenvalue weighted by molar-refractivity contribution is 0.0649. The van der Waals surface area contributed by atoms with Gasteiger partial charge in [0.15, 0.2) is 0 Å². The van der Waals surface area contributed by atoms with Gasteiger partial charge in [0.05, 0.1) is 0 Å². The number of carbonyl (C=O) groups is 1. The number of piperidine rings is 1. The summed E-state index contributed by atoms with van der Waals surface area (Å²) in [6.07, 6.45) is 3.43. The molecular formula is C14H21N3O2. The summed E-state index contributed by atoms with van der Waals surface area (Å²) < 4.78 is 1.46. The summed E-state index contributed by atoms with van der Waals surface area (Å²) in [7, 11) is 1.67. The fourth-order valence-corrected chi connectivity index (χ4v) is 2.53. The van der Waals surface area contributed by atoms with Gasteiger partial charge in [-0.1, -0.05) is 13.3 Å². The first-order valence-electron chi connectivity index (χ1n) is 6.74. The van der Waals surface area contributed by atoms with Crippen molar-refractivity contribution < 1.29 is 4.79 Å². The molecule has 1 saturated heterocycles. The van der Waals surface area contributed by atoms with E-state index in [9.17, 15) is 9.59 Å². The predicted octanol–water partition coefficient (Wildman–Crippen LogP) is 0.585. The van der Waals surface area contributed by atoms with Crippen LogP contribution in [0.3, 0.4) is 0 Å². The molecular weight excluding hydrogens is 242 g/mol. The van der Waals surface area contributed by atoms with Crippen molar-refractivity contribution in [3.05, 3.63) is 34.2 Å². The number of amides is 1. The molecule has 0 bridgehead atoms. The Labute approximate surface area is 113 Å². The van der Waals surface area contributed by atoms with E-state index in [0.717, 1.165) is 12.8 Å². The summed E-state index contributed by atoms with van der Waals surface area (Å²) in [4.78, 5) is 25.8.